The molecular formula is C38H56O13. The number of allylic oxidation sites excluding steroid dienone is 2. The van der Waals surface area contributed by atoms with Crippen LogP contribution in [0.1, 0.15) is 88.0 Å². The van der Waals surface area contributed by atoms with Gasteiger partial charge in [-0.25, -0.2) is 0 Å². The number of carbonyl (C=O) groups excluding carboxylic acids is 4. The van der Waals surface area contributed by atoms with Gasteiger partial charge in [-0.15, -0.1) is 0 Å². The van der Waals surface area contributed by atoms with E-state index in [1.807, 2.05) is 26.8 Å². The van der Waals surface area contributed by atoms with Gasteiger partial charge in [0.1, 0.15) is 47.5 Å². The van der Waals surface area contributed by atoms with E-state index in [4.69, 9.17) is 14.2 Å². The molecular weight excluding hydrogens is 664 g/mol. The number of carbonyl (C=O) groups is 4. The van der Waals surface area contributed by atoms with Gasteiger partial charge in [0.2, 0.25) is 0 Å². The van der Waals surface area contributed by atoms with Crippen molar-refractivity contribution in [3.8, 4) is 0 Å². The largest absolute Gasteiger partial charge is 0.456 e. The Morgan fingerprint density at radius 2 is 1.63 bits per heavy atom. The molecule has 6 N–H and O–H groups in total. The van der Waals surface area contributed by atoms with E-state index in [0.29, 0.717) is 6.42 Å². The van der Waals surface area contributed by atoms with E-state index in [0.717, 1.165) is 11.6 Å². The molecule has 14 atom stereocenters. The van der Waals surface area contributed by atoms with Crippen LogP contribution in [0, 0.1) is 39.4 Å². The highest BCUT2D eigenvalue weighted by molar-refractivity contribution is 5.98. The fourth-order valence-electron chi connectivity index (χ4n) is 10.8. The topological polar surface area (TPSA) is 217 Å². The van der Waals surface area contributed by atoms with Gasteiger partial charge < -0.3 is 44.8 Å². The van der Waals surface area contributed by atoms with Crippen molar-refractivity contribution in [3.63, 3.8) is 0 Å². The predicted molar refractivity (Wildman–Crippen MR) is 180 cm³/mol. The van der Waals surface area contributed by atoms with Crippen LogP contribution in [0.15, 0.2) is 23.8 Å². The smallest absolute Gasteiger partial charge is 0.303 e. The summed E-state index contributed by atoms with van der Waals surface area (Å²) in [6, 6.07) is 0. The highest BCUT2D eigenvalue weighted by Gasteiger charge is 2.74. The maximum Gasteiger partial charge on any atom is 0.303 e. The van der Waals surface area contributed by atoms with Crippen molar-refractivity contribution < 1.29 is 64.0 Å². The van der Waals surface area contributed by atoms with Gasteiger partial charge in [0.15, 0.2) is 17.9 Å². The van der Waals surface area contributed by atoms with Crippen molar-refractivity contribution in [2.24, 2.45) is 39.4 Å². The van der Waals surface area contributed by atoms with Crippen molar-refractivity contribution in [1.82, 2.24) is 0 Å². The number of hydrogen-bond acceptors (Lipinski definition) is 13. The Bertz CT molecular complexity index is 1510. The minimum absolute atomic E-state index is 0.0549. The number of ketones is 3. The quantitative estimate of drug-likeness (QED) is 0.119. The number of aliphatic hydroxyl groups is 6. The highest BCUT2D eigenvalue weighted by Crippen LogP contribution is 2.74. The van der Waals surface area contributed by atoms with Crippen molar-refractivity contribution in [3.05, 3.63) is 23.8 Å². The molecule has 51 heavy (non-hydrogen) atoms. The molecule has 5 aliphatic rings. The zero-order chi connectivity index (χ0) is 38.4. The molecule has 4 fully saturated rings. The first-order chi connectivity index (χ1) is 23.3. The van der Waals surface area contributed by atoms with E-state index < -0.39 is 106 Å². The molecule has 0 aromatic rings. The zero-order valence-corrected chi connectivity index (χ0v) is 31.1. The van der Waals surface area contributed by atoms with Crippen LogP contribution in [-0.2, 0) is 33.4 Å². The first kappa shape index (κ1) is 39.8. The lowest BCUT2D eigenvalue weighted by Crippen LogP contribution is -2.66. The Morgan fingerprint density at radius 1 is 1.00 bits per heavy atom. The first-order valence-electron chi connectivity index (χ1n) is 17.9. The molecule has 0 amide bonds. The highest BCUT2D eigenvalue weighted by atomic mass is 16.7. The number of aliphatic hydroxyl groups excluding tert-OH is 5. The van der Waals surface area contributed by atoms with Gasteiger partial charge >= 0.3 is 5.97 Å². The summed E-state index contributed by atoms with van der Waals surface area (Å²) in [4.78, 5) is 54.0. The molecule has 13 heteroatoms. The number of Topliss-reactive ketones (excluding diaryl/α,β-unsaturated/α-hetero) is 2. The molecule has 1 saturated heterocycles. The van der Waals surface area contributed by atoms with Crippen LogP contribution in [0.5, 0.6) is 0 Å². The summed E-state index contributed by atoms with van der Waals surface area (Å²) in [6.45, 7) is 14.4. The Labute approximate surface area is 299 Å². The van der Waals surface area contributed by atoms with E-state index in [-0.39, 0.29) is 36.7 Å². The maximum atomic E-state index is 14.8. The predicted octanol–water partition coefficient (Wildman–Crippen LogP) is 1.32. The van der Waals surface area contributed by atoms with E-state index in [9.17, 15) is 49.8 Å². The third-order valence-corrected chi connectivity index (χ3v) is 13.7. The summed E-state index contributed by atoms with van der Waals surface area (Å²) in [5.41, 5.74) is -6.34. The van der Waals surface area contributed by atoms with Gasteiger partial charge in [0, 0.05) is 30.1 Å². The summed E-state index contributed by atoms with van der Waals surface area (Å²) in [6.07, 6.45) is -4.90. The van der Waals surface area contributed by atoms with Crippen molar-refractivity contribution in [2.75, 3.05) is 6.61 Å². The molecule has 0 spiro atoms. The second-order valence-corrected chi connectivity index (χ2v) is 17.6. The Kier molecular flexibility index (Phi) is 10.1. The first-order valence-corrected chi connectivity index (χ1v) is 17.9. The number of ether oxygens (including phenoxy) is 3. The molecule has 3 saturated carbocycles. The molecule has 0 bridgehead atoms. The van der Waals surface area contributed by atoms with E-state index in [1.165, 1.54) is 19.9 Å². The van der Waals surface area contributed by atoms with Crippen molar-refractivity contribution in [1.29, 1.82) is 0 Å². The van der Waals surface area contributed by atoms with Crippen LogP contribution in [-0.4, -0.2) is 115 Å². The number of fused-ring (bicyclic) bond motifs is 5. The summed E-state index contributed by atoms with van der Waals surface area (Å²) in [5, 5.41) is 64.7. The van der Waals surface area contributed by atoms with Gasteiger partial charge in [-0.05, 0) is 88.7 Å². The van der Waals surface area contributed by atoms with E-state index in [1.54, 1.807) is 27.7 Å². The van der Waals surface area contributed by atoms with Gasteiger partial charge in [0.05, 0.1) is 12.7 Å². The molecule has 0 unspecified atom stereocenters. The molecule has 1 aliphatic heterocycles. The van der Waals surface area contributed by atoms with Gasteiger partial charge in [-0.2, -0.15) is 0 Å². The average Bonchev–Trinajstić information content (AvgIpc) is 3.22. The van der Waals surface area contributed by atoms with E-state index in [2.05, 4.69) is 0 Å². The van der Waals surface area contributed by atoms with Crippen LogP contribution < -0.4 is 0 Å². The maximum absolute atomic E-state index is 14.8. The normalized spacial score (nSPS) is 45.0. The van der Waals surface area contributed by atoms with Crippen LogP contribution in [0.4, 0.5) is 0 Å². The molecule has 13 nitrogen and oxygen atoms in total. The van der Waals surface area contributed by atoms with Crippen molar-refractivity contribution in [2.45, 2.75) is 142 Å². The third kappa shape index (κ3) is 6.00. The Hall–Kier alpha value is -2.36. The number of hydrogen-bond donors (Lipinski definition) is 6. The third-order valence-electron chi connectivity index (χ3n) is 13.7. The Balaban J connectivity index is 1.48. The van der Waals surface area contributed by atoms with Gasteiger partial charge in [-0.1, -0.05) is 32.4 Å². The van der Waals surface area contributed by atoms with Crippen LogP contribution in [0.2, 0.25) is 0 Å². The summed E-state index contributed by atoms with van der Waals surface area (Å²) in [5.74, 6) is -3.56. The monoisotopic (exact) mass is 720 g/mol. The molecule has 1 heterocycles. The lowest BCUT2D eigenvalue weighted by atomic mass is 9.38. The van der Waals surface area contributed by atoms with Gasteiger partial charge in [-0.3, -0.25) is 19.2 Å². The molecule has 4 aliphatic carbocycles. The molecule has 286 valence electrons. The lowest BCUT2D eigenvalue weighted by molar-refractivity contribution is -0.311. The van der Waals surface area contributed by atoms with Crippen LogP contribution in [0.3, 0.4) is 0 Å². The summed E-state index contributed by atoms with van der Waals surface area (Å²) >= 11 is 0. The fourth-order valence-corrected chi connectivity index (χ4v) is 10.8. The summed E-state index contributed by atoms with van der Waals surface area (Å²) in [7, 11) is 0. The molecule has 0 aromatic carbocycles. The molecule has 0 aromatic heterocycles. The summed E-state index contributed by atoms with van der Waals surface area (Å²) < 4.78 is 16.9. The second kappa shape index (κ2) is 12.9. The van der Waals surface area contributed by atoms with Crippen LogP contribution in [0.25, 0.3) is 0 Å². The van der Waals surface area contributed by atoms with Gasteiger partial charge in [0.25, 0.3) is 0 Å². The second-order valence-electron chi connectivity index (χ2n) is 17.6. The minimum atomic E-state index is -2.08. The molecule has 0 radical (unpaired) electrons. The standard InChI is InChI=1S/C38H56O13/c1-18(40)51-33(2,3)13-12-25(42)38(9,48)30-21(41)15-35(6)24-11-10-19-20(37(24,8)26(43)16-36(30,35)7)14-22(31(47)34(19,4)5)49-32-29(46)28(45)27(44)23(17-39)50-32/h10,12-13,20-24,27-30,32,39,41,44-46,48H,11,14-17H2,1-9H3/b13-12+/t20-,21-,22-,23-,24+,27-,28+,29-,30+,32-,35+,36-,37+,38+/m1/s1. The minimum Gasteiger partial charge on any atom is -0.456 e. The number of esters is 1. The molecule has 5 rings (SSSR count). The number of rotatable bonds is 8. The average molecular weight is 721 g/mol. The van der Waals surface area contributed by atoms with Crippen molar-refractivity contribution >= 4 is 23.3 Å². The fraction of sp³-hybridized carbons (Fsp3) is 0.789. The Morgan fingerprint density at radius 3 is 2.22 bits per heavy atom. The zero-order valence-electron chi connectivity index (χ0n) is 31.1. The SMILES string of the molecule is CC(=O)OC(C)(C)/C=C/C(=O)[C@](C)(O)[C@H]1[C@H](O)C[C@@]2(C)[C@@H]3CC=C4[C@@H](C[C@@H](O[C@@H]5O[C@H](CO)[C@@H](O)[C@H](O)[C@H]5O)C(=O)C4(C)C)[C@]3(C)C(=O)C[C@]12C. The lowest BCUT2D eigenvalue weighted by Gasteiger charge is -2.64. The van der Waals surface area contributed by atoms with Crippen LogP contribution >= 0.6 is 0 Å². The van der Waals surface area contributed by atoms with E-state index >= 15 is 0 Å².